The molecule has 0 aliphatic heterocycles. The molecule has 0 aromatic carbocycles. The van der Waals surface area contributed by atoms with E-state index in [9.17, 15) is 9.59 Å². The summed E-state index contributed by atoms with van der Waals surface area (Å²) in [6.07, 6.45) is 0.697. The molecule has 0 unspecified atom stereocenters. The molecule has 0 spiro atoms. The number of carbonyl (C=O) groups is 2. The predicted octanol–water partition coefficient (Wildman–Crippen LogP) is 0.428. The minimum absolute atomic E-state index is 0.229. The van der Waals surface area contributed by atoms with Crippen LogP contribution in [0.4, 0.5) is 5.13 Å². The molecule has 7 heteroatoms. The van der Waals surface area contributed by atoms with Crippen molar-refractivity contribution < 1.29 is 14.7 Å². The van der Waals surface area contributed by atoms with Gasteiger partial charge in [-0.3, -0.25) is 9.59 Å². The zero-order chi connectivity index (χ0) is 10.6. The molecule has 6 nitrogen and oxygen atoms in total. The van der Waals surface area contributed by atoms with Gasteiger partial charge in [-0.25, -0.2) is 4.98 Å². The highest BCUT2D eigenvalue weighted by Gasteiger charge is 2.09. The number of nitrogens with zero attached hydrogens (tertiary/aromatic N) is 2. The molecule has 0 saturated carbocycles. The molecule has 1 rings (SSSR count). The Morgan fingerprint density at radius 2 is 2.43 bits per heavy atom. The fourth-order valence-electron chi connectivity index (χ4n) is 0.684. The second-order valence-electron chi connectivity index (χ2n) is 2.26. The van der Waals surface area contributed by atoms with Crippen molar-refractivity contribution in [2.45, 2.75) is 6.42 Å². The summed E-state index contributed by atoms with van der Waals surface area (Å²) in [5.41, 5.74) is 0. The van der Waals surface area contributed by atoms with Crippen LogP contribution in [0, 0.1) is 11.3 Å². The molecule has 72 valence electrons. The second-order valence-corrected chi connectivity index (χ2v) is 3.29. The zero-order valence-electron chi connectivity index (χ0n) is 6.85. The van der Waals surface area contributed by atoms with Gasteiger partial charge in [-0.05, 0) is 0 Å². The number of nitriles is 1. The summed E-state index contributed by atoms with van der Waals surface area (Å²) in [6, 6.07) is 1.85. The fourth-order valence-corrected chi connectivity index (χ4v) is 1.31. The number of carboxylic acids is 1. The maximum absolute atomic E-state index is 10.9. The van der Waals surface area contributed by atoms with E-state index < -0.39 is 18.3 Å². The maximum Gasteiger partial charge on any atom is 0.312 e. The van der Waals surface area contributed by atoms with E-state index in [-0.39, 0.29) is 5.13 Å². The third-order valence-electron chi connectivity index (χ3n) is 1.17. The molecule has 0 atom stereocenters. The average molecular weight is 211 g/mol. The maximum atomic E-state index is 10.9. The summed E-state index contributed by atoms with van der Waals surface area (Å²) < 4.78 is 0. The van der Waals surface area contributed by atoms with Crippen LogP contribution in [0.15, 0.2) is 6.20 Å². The number of hydrogen-bond donors (Lipinski definition) is 2. The van der Waals surface area contributed by atoms with Gasteiger partial charge in [0.2, 0.25) is 5.91 Å². The Kier molecular flexibility index (Phi) is 3.14. The van der Waals surface area contributed by atoms with Crippen molar-refractivity contribution in [3.8, 4) is 6.07 Å². The summed E-state index contributed by atoms with van der Waals surface area (Å²) in [4.78, 5) is 25.1. The van der Waals surface area contributed by atoms with Gasteiger partial charge in [-0.2, -0.15) is 5.26 Å². The first-order chi connectivity index (χ1) is 6.61. The fraction of sp³-hybridized carbons (Fsp3) is 0.143. The van der Waals surface area contributed by atoms with Crippen molar-refractivity contribution >= 4 is 28.3 Å². The Morgan fingerprint density at radius 3 is 2.93 bits per heavy atom. The first kappa shape index (κ1) is 10.1. The molecule has 1 aromatic heterocycles. The minimum Gasteiger partial charge on any atom is -0.481 e. The highest BCUT2D eigenvalue weighted by Crippen LogP contribution is 2.16. The van der Waals surface area contributed by atoms with Crippen molar-refractivity contribution in [3.05, 3.63) is 11.1 Å². The Bertz CT molecular complexity index is 407. The Hall–Kier alpha value is -1.94. The summed E-state index contributed by atoms with van der Waals surface area (Å²) in [6.45, 7) is 0. The van der Waals surface area contributed by atoms with Gasteiger partial charge >= 0.3 is 5.97 Å². The van der Waals surface area contributed by atoms with Gasteiger partial charge in [-0.1, -0.05) is 11.3 Å². The van der Waals surface area contributed by atoms with E-state index in [1.54, 1.807) is 0 Å². The summed E-state index contributed by atoms with van der Waals surface area (Å²) in [5.74, 6) is -1.86. The van der Waals surface area contributed by atoms with E-state index in [1.807, 2.05) is 6.07 Å². The number of carbonyl (C=O) groups excluding carboxylic acids is 1. The number of anilines is 1. The van der Waals surface area contributed by atoms with Crippen molar-refractivity contribution in [2.24, 2.45) is 0 Å². The Labute approximate surface area is 82.8 Å². The normalized spacial score (nSPS) is 9.07. The number of amides is 1. The van der Waals surface area contributed by atoms with Crippen LogP contribution in [0.3, 0.4) is 0 Å². The standard InChI is InChI=1S/C7H5N3O3S/c8-2-4-3-9-7(14-4)10-5(11)1-6(12)13/h3H,1H2,(H,12,13)(H,9,10,11). The molecule has 0 aliphatic carbocycles. The topological polar surface area (TPSA) is 103 Å². The molecule has 14 heavy (non-hydrogen) atoms. The predicted molar refractivity (Wildman–Crippen MR) is 47.7 cm³/mol. The molecular weight excluding hydrogens is 206 g/mol. The minimum atomic E-state index is -1.21. The lowest BCUT2D eigenvalue weighted by Gasteiger charge is -1.96. The molecule has 2 N–H and O–H groups in total. The summed E-state index contributed by atoms with van der Waals surface area (Å²) in [7, 11) is 0. The van der Waals surface area contributed by atoms with Crippen molar-refractivity contribution in [2.75, 3.05) is 5.32 Å². The molecule has 1 aromatic rings. The average Bonchev–Trinajstić information content (AvgIpc) is 2.50. The van der Waals surface area contributed by atoms with E-state index in [4.69, 9.17) is 10.4 Å². The van der Waals surface area contributed by atoms with Gasteiger partial charge in [0.05, 0.1) is 6.20 Å². The van der Waals surface area contributed by atoms with E-state index in [1.165, 1.54) is 6.20 Å². The van der Waals surface area contributed by atoms with Gasteiger partial charge in [-0.15, -0.1) is 0 Å². The summed E-state index contributed by atoms with van der Waals surface area (Å²) >= 11 is 0.991. The van der Waals surface area contributed by atoms with Gasteiger partial charge < -0.3 is 10.4 Å². The first-order valence-corrected chi connectivity index (χ1v) is 4.31. The number of aliphatic carboxylic acids is 1. The Morgan fingerprint density at radius 1 is 1.71 bits per heavy atom. The van der Waals surface area contributed by atoms with Gasteiger partial charge in [0.25, 0.3) is 0 Å². The number of nitrogens with one attached hydrogen (secondary N) is 1. The van der Waals surface area contributed by atoms with Crippen molar-refractivity contribution in [1.29, 1.82) is 5.26 Å². The number of hydrogen-bond acceptors (Lipinski definition) is 5. The van der Waals surface area contributed by atoms with Crippen LogP contribution in [0.25, 0.3) is 0 Å². The number of aromatic nitrogens is 1. The van der Waals surface area contributed by atoms with Crippen molar-refractivity contribution in [3.63, 3.8) is 0 Å². The van der Waals surface area contributed by atoms with Gasteiger partial charge in [0.15, 0.2) is 5.13 Å². The highest BCUT2D eigenvalue weighted by atomic mass is 32.1. The second kappa shape index (κ2) is 4.34. The van der Waals surface area contributed by atoms with Crippen LogP contribution < -0.4 is 5.32 Å². The van der Waals surface area contributed by atoms with E-state index >= 15 is 0 Å². The lowest BCUT2D eigenvalue weighted by atomic mass is 10.4. The quantitative estimate of drug-likeness (QED) is 0.705. The van der Waals surface area contributed by atoms with Crippen LogP contribution in [0.5, 0.6) is 0 Å². The Balaban J connectivity index is 2.57. The molecular formula is C7H5N3O3S. The smallest absolute Gasteiger partial charge is 0.312 e. The lowest BCUT2D eigenvalue weighted by Crippen LogP contribution is -2.15. The molecule has 0 radical (unpaired) electrons. The van der Waals surface area contributed by atoms with Gasteiger partial charge in [0, 0.05) is 0 Å². The SMILES string of the molecule is N#Cc1cnc(NC(=O)CC(=O)O)s1. The van der Waals surface area contributed by atoms with Crippen LogP contribution >= 0.6 is 11.3 Å². The third kappa shape index (κ3) is 2.84. The largest absolute Gasteiger partial charge is 0.481 e. The molecule has 0 bridgehead atoms. The monoisotopic (exact) mass is 211 g/mol. The van der Waals surface area contributed by atoms with Crippen LogP contribution in [0.2, 0.25) is 0 Å². The van der Waals surface area contributed by atoms with Crippen LogP contribution in [-0.4, -0.2) is 22.0 Å². The number of rotatable bonds is 3. The molecule has 1 heterocycles. The van der Waals surface area contributed by atoms with Crippen molar-refractivity contribution in [1.82, 2.24) is 4.98 Å². The molecule has 1 amide bonds. The molecule has 0 saturated heterocycles. The number of carboxylic acid groups (broad SMARTS) is 1. The van der Waals surface area contributed by atoms with E-state index in [2.05, 4.69) is 10.3 Å². The molecule has 0 aliphatic rings. The summed E-state index contributed by atoms with van der Waals surface area (Å²) in [5, 5.41) is 19.2. The van der Waals surface area contributed by atoms with Gasteiger partial charge in [0.1, 0.15) is 17.4 Å². The molecule has 0 fully saturated rings. The zero-order valence-corrected chi connectivity index (χ0v) is 7.67. The van der Waals surface area contributed by atoms with E-state index in [0.29, 0.717) is 4.88 Å². The third-order valence-corrected chi connectivity index (χ3v) is 1.99. The highest BCUT2D eigenvalue weighted by molar-refractivity contribution is 7.16. The van der Waals surface area contributed by atoms with Crippen LogP contribution in [-0.2, 0) is 9.59 Å². The van der Waals surface area contributed by atoms with Crippen LogP contribution in [0.1, 0.15) is 11.3 Å². The van der Waals surface area contributed by atoms with E-state index in [0.717, 1.165) is 11.3 Å². The first-order valence-electron chi connectivity index (χ1n) is 3.49. The number of thiazole rings is 1. The lowest BCUT2D eigenvalue weighted by molar-refractivity contribution is -0.139.